The Balaban J connectivity index is 1.65. The summed E-state index contributed by atoms with van der Waals surface area (Å²) in [5.41, 5.74) is 5.61. The summed E-state index contributed by atoms with van der Waals surface area (Å²) in [4.78, 5) is 12.8. The zero-order valence-electron chi connectivity index (χ0n) is 15.1. The quantitative estimate of drug-likeness (QED) is 0.769. The van der Waals surface area contributed by atoms with Gasteiger partial charge in [0.15, 0.2) is 9.92 Å². The Morgan fingerprint density at radius 1 is 1.07 bits per heavy atom. The molecule has 1 unspecified atom stereocenters. The summed E-state index contributed by atoms with van der Waals surface area (Å²) >= 11 is 0. The van der Waals surface area contributed by atoms with E-state index < -0.39 is 21.8 Å². The number of hydrogen-bond donors (Lipinski definition) is 2. The van der Waals surface area contributed by atoms with Crippen molar-refractivity contribution in [2.45, 2.75) is 43.4 Å². The van der Waals surface area contributed by atoms with E-state index in [4.69, 9.17) is 5.26 Å². The molecule has 2 aromatic carbocycles. The summed E-state index contributed by atoms with van der Waals surface area (Å²) in [7, 11) is -3.55. The molecule has 2 aliphatic rings. The van der Waals surface area contributed by atoms with Gasteiger partial charge in [0.1, 0.15) is 5.82 Å². The lowest BCUT2D eigenvalue weighted by atomic mass is 9.99. The van der Waals surface area contributed by atoms with Crippen LogP contribution in [0.2, 0.25) is 0 Å². The number of anilines is 1. The average molecular weight is 398 g/mol. The second-order valence-corrected chi connectivity index (χ2v) is 8.87. The number of nitrogens with one attached hydrogen (secondary N) is 2. The fraction of sp³-hybridized carbons (Fsp3) is 0.300. The molecular weight excluding hydrogens is 379 g/mol. The van der Waals surface area contributed by atoms with Crippen molar-refractivity contribution in [1.82, 2.24) is 4.72 Å². The van der Waals surface area contributed by atoms with Gasteiger partial charge in [0.2, 0.25) is 6.19 Å². The Bertz CT molecular complexity index is 1080. The Morgan fingerprint density at radius 3 is 2.25 bits per heavy atom. The number of hydrogen-bond acceptors (Lipinski definition) is 4. The molecule has 0 saturated heterocycles. The minimum atomic E-state index is -3.55. The number of carbonyl (C=O) groups is 1. The smallest absolute Gasteiger partial charge is 0.307 e. The summed E-state index contributed by atoms with van der Waals surface area (Å²) in [5.74, 6) is -0.512. The molecule has 2 aliphatic carbocycles. The van der Waals surface area contributed by atoms with Gasteiger partial charge in [-0.25, -0.2) is 18.1 Å². The van der Waals surface area contributed by atoms with E-state index in [9.17, 15) is 13.4 Å². The lowest BCUT2D eigenvalue weighted by Gasteiger charge is -2.17. The number of rotatable bonds is 3. The first kappa shape index (κ1) is 18.4. The van der Waals surface area contributed by atoms with Crippen LogP contribution in [0, 0.1) is 17.3 Å². The lowest BCUT2D eigenvalue weighted by Crippen LogP contribution is -2.34. The molecule has 4 rings (SSSR count). The second kappa shape index (κ2) is 7.24. The van der Waals surface area contributed by atoms with Crippen LogP contribution in [0.1, 0.15) is 35.1 Å². The van der Waals surface area contributed by atoms with Crippen molar-refractivity contribution in [3.05, 3.63) is 58.4 Å². The maximum Gasteiger partial charge on any atom is 0.331 e. The number of urea groups is 1. The van der Waals surface area contributed by atoms with E-state index in [0.717, 1.165) is 67.5 Å². The lowest BCUT2D eigenvalue weighted by molar-refractivity contribution is 0.256. The molecule has 144 valence electrons. The van der Waals surface area contributed by atoms with Crippen LogP contribution in [0.5, 0.6) is 0 Å². The molecule has 2 N–H and O–H groups in total. The van der Waals surface area contributed by atoms with E-state index in [1.54, 1.807) is 0 Å². The first-order chi connectivity index (χ1) is 13.5. The van der Waals surface area contributed by atoms with Crippen LogP contribution in [0.15, 0.2) is 39.6 Å². The number of fused-ring (bicyclic) bond motifs is 2. The van der Waals surface area contributed by atoms with Gasteiger partial charge in [-0.05, 0) is 85.0 Å². The second-order valence-electron chi connectivity index (χ2n) is 6.96. The molecule has 2 amide bonds. The van der Waals surface area contributed by atoms with Gasteiger partial charge < -0.3 is 5.32 Å². The molecule has 0 aromatic heterocycles. The highest BCUT2D eigenvalue weighted by Crippen LogP contribution is 2.38. The van der Waals surface area contributed by atoms with Crippen molar-refractivity contribution in [2.75, 3.05) is 5.32 Å². The van der Waals surface area contributed by atoms with Gasteiger partial charge >= 0.3 is 6.03 Å². The normalized spacial score (nSPS) is 16.4. The molecule has 28 heavy (non-hydrogen) atoms. The highest BCUT2D eigenvalue weighted by Gasteiger charge is 2.26. The van der Waals surface area contributed by atoms with E-state index >= 15 is 0 Å². The van der Waals surface area contributed by atoms with Crippen LogP contribution in [-0.2, 0) is 35.6 Å². The molecule has 6 nitrogen and oxygen atoms in total. The third-order valence-corrected chi connectivity index (χ3v) is 6.96. The Morgan fingerprint density at radius 2 is 1.68 bits per heavy atom. The molecule has 8 heteroatoms. The number of aryl methyl sites for hydroxylation is 2. The summed E-state index contributed by atoms with van der Waals surface area (Å²) < 4.78 is 32.0. The van der Waals surface area contributed by atoms with Crippen LogP contribution in [0.4, 0.5) is 14.9 Å². The first-order valence-electron chi connectivity index (χ1n) is 9.16. The van der Waals surface area contributed by atoms with Crippen LogP contribution in [-0.4, -0.2) is 10.2 Å². The highest BCUT2D eigenvalue weighted by atomic mass is 32.2. The van der Waals surface area contributed by atoms with E-state index in [1.807, 2.05) is 0 Å². The van der Waals surface area contributed by atoms with Crippen LogP contribution in [0.3, 0.4) is 0 Å². The minimum absolute atomic E-state index is 0.0640. The standard InChI is InChI=1S/C20H19FN4O2S/c21-15-7-9-16(10-8-15)28(27,23-12-22)25-20(26)24-19-17-5-1-3-13(17)11-14-4-2-6-18(14)19/h7-11H,1-6H2,(H2,23,24,25,26,27). The third kappa shape index (κ3) is 3.34. The maximum absolute atomic E-state index is 13.2. The van der Waals surface area contributed by atoms with Crippen molar-refractivity contribution in [3.8, 4) is 6.19 Å². The SMILES string of the molecule is N#CN=S(=O)(NC(=O)Nc1c2c(cc3c1CCC3)CCC2)c1ccc(F)cc1. The van der Waals surface area contributed by atoms with Crippen molar-refractivity contribution >= 4 is 21.6 Å². The highest BCUT2D eigenvalue weighted by molar-refractivity contribution is 7.92. The van der Waals surface area contributed by atoms with Gasteiger partial charge in [-0.15, -0.1) is 0 Å². The third-order valence-electron chi connectivity index (χ3n) is 5.25. The largest absolute Gasteiger partial charge is 0.331 e. The van der Waals surface area contributed by atoms with Crippen molar-refractivity contribution in [1.29, 1.82) is 5.26 Å². The monoisotopic (exact) mass is 398 g/mol. The van der Waals surface area contributed by atoms with Crippen LogP contribution in [0.25, 0.3) is 0 Å². The number of halogens is 1. The molecular formula is C20H19FN4O2S. The molecule has 0 spiro atoms. The van der Waals surface area contributed by atoms with Crippen LogP contribution < -0.4 is 10.0 Å². The molecule has 1 atom stereocenters. The van der Waals surface area contributed by atoms with Gasteiger partial charge in [0.05, 0.1) is 4.90 Å². The summed E-state index contributed by atoms with van der Waals surface area (Å²) in [6.45, 7) is 0. The van der Waals surface area contributed by atoms with Crippen LogP contribution >= 0.6 is 0 Å². The van der Waals surface area contributed by atoms with E-state index in [-0.39, 0.29) is 4.90 Å². The fourth-order valence-electron chi connectivity index (χ4n) is 4.04. The van der Waals surface area contributed by atoms with E-state index in [0.29, 0.717) is 0 Å². The Labute approximate surface area is 163 Å². The van der Waals surface area contributed by atoms with Gasteiger partial charge in [-0.2, -0.15) is 5.26 Å². The molecule has 0 saturated carbocycles. The van der Waals surface area contributed by atoms with E-state index in [1.165, 1.54) is 29.5 Å². The van der Waals surface area contributed by atoms with Crippen molar-refractivity contribution in [3.63, 3.8) is 0 Å². The number of amides is 2. The maximum atomic E-state index is 13.2. The topological polar surface area (TPSA) is 94.3 Å². The molecule has 0 bridgehead atoms. The molecule has 0 aliphatic heterocycles. The number of nitrogens with zero attached hydrogens (tertiary/aromatic N) is 2. The molecule has 0 radical (unpaired) electrons. The Hall–Kier alpha value is -2.92. The predicted molar refractivity (Wildman–Crippen MR) is 103 cm³/mol. The summed E-state index contributed by atoms with van der Waals surface area (Å²) in [5, 5.41) is 11.8. The van der Waals surface area contributed by atoms with Gasteiger partial charge in [0.25, 0.3) is 0 Å². The van der Waals surface area contributed by atoms with Gasteiger partial charge in [-0.1, -0.05) is 10.4 Å². The first-order valence-corrected chi connectivity index (χ1v) is 10.7. The minimum Gasteiger partial charge on any atom is -0.307 e. The number of carbonyl (C=O) groups excluding carboxylic acids is 1. The number of benzene rings is 2. The van der Waals surface area contributed by atoms with E-state index in [2.05, 4.69) is 20.5 Å². The van der Waals surface area contributed by atoms with Gasteiger partial charge in [-0.3, -0.25) is 0 Å². The van der Waals surface area contributed by atoms with Crippen molar-refractivity contribution in [2.24, 2.45) is 4.36 Å². The van der Waals surface area contributed by atoms with Gasteiger partial charge in [0, 0.05) is 5.69 Å². The number of nitriles is 1. The predicted octanol–water partition coefficient (Wildman–Crippen LogP) is 3.85. The zero-order valence-corrected chi connectivity index (χ0v) is 15.9. The Kier molecular flexibility index (Phi) is 4.77. The zero-order chi connectivity index (χ0) is 19.7. The molecule has 2 aromatic rings. The fourth-order valence-corrected chi connectivity index (χ4v) is 5.23. The van der Waals surface area contributed by atoms with Crippen molar-refractivity contribution < 1.29 is 13.4 Å². The molecule has 0 fully saturated rings. The molecule has 0 heterocycles. The summed E-state index contributed by atoms with van der Waals surface area (Å²) in [6.07, 6.45) is 7.36. The summed E-state index contributed by atoms with van der Waals surface area (Å²) in [6, 6.07) is 6.27. The average Bonchev–Trinajstić information content (AvgIpc) is 3.31.